The molecular formula is C21H28N2O7. The van der Waals surface area contributed by atoms with Crippen molar-refractivity contribution in [2.24, 2.45) is 5.92 Å². The predicted molar refractivity (Wildman–Crippen MR) is 106 cm³/mol. The molecule has 0 bridgehead atoms. The van der Waals surface area contributed by atoms with Gasteiger partial charge < -0.3 is 29.2 Å². The molecule has 1 aliphatic carbocycles. The van der Waals surface area contributed by atoms with E-state index < -0.39 is 5.97 Å². The third kappa shape index (κ3) is 6.09. The number of benzene rings is 1. The van der Waals surface area contributed by atoms with E-state index in [4.69, 9.17) is 18.9 Å². The highest BCUT2D eigenvalue weighted by atomic mass is 16.5. The van der Waals surface area contributed by atoms with Crippen LogP contribution < -0.4 is 14.8 Å². The zero-order chi connectivity index (χ0) is 21.5. The number of rotatable bonds is 9. The minimum absolute atomic E-state index is 0.0906. The summed E-state index contributed by atoms with van der Waals surface area (Å²) in [5, 5.41) is 2.83. The van der Waals surface area contributed by atoms with Crippen LogP contribution in [0.1, 0.15) is 30.1 Å². The molecule has 0 unspecified atom stereocenters. The highest BCUT2D eigenvalue weighted by molar-refractivity contribution is 5.92. The third-order valence-electron chi connectivity index (χ3n) is 5.17. The van der Waals surface area contributed by atoms with Gasteiger partial charge in [0.05, 0.1) is 25.9 Å². The normalized spacial score (nSPS) is 17.1. The molecule has 2 aliphatic rings. The first-order valence-corrected chi connectivity index (χ1v) is 10.1. The van der Waals surface area contributed by atoms with Crippen LogP contribution in [0.4, 0.5) is 0 Å². The molecule has 1 aromatic carbocycles. The quantitative estimate of drug-likeness (QED) is 0.595. The first kappa shape index (κ1) is 21.9. The van der Waals surface area contributed by atoms with Gasteiger partial charge in [0.15, 0.2) is 24.7 Å². The van der Waals surface area contributed by atoms with Crippen molar-refractivity contribution in [3.8, 4) is 11.5 Å². The lowest BCUT2D eigenvalue weighted by molar-refractivity contribution is -0.137. The van der Waals surface area contributed by atoms with Gasteiger partial charge in [-0.3, -0.25) is 9.59 Å². The lowest BCUT2D eigenvalue weighted by atomic mass is 10.2. The Morgan fingerprint density at radius 3 is 2.57 bits per heavy atom. The van der Waals surface area contributed by atoms with Crippen molar-refractivity contribution in [1.29, 1.82) is 0 Å². The Morgan fingerprint density at radius 1 is 1.17 bits per heavy atom. The highest BCUT2D eigenvalue weighted by Crippen LogP contribution is 2.32. The number of carbonyl (C=O) groups excluding carboxylic acids is 3. The topological polar surface area (TPSA) is 103 Å². The summed E-state index contributed by atoms with van der Waals surface area (Å²) in [4.78, 5) is 38.1. The van der Waals surface area contributed by atoms with Crippen molar-refractivity contribution in [1.82, 2.24) is 10.2 Å². The maximum atomic E-state index is 12.3. The van der Waals surface area contributed by atoms with Gasteiger partial charge >= 0.3 is 5.97 Å². The Hall–Kier alpha value is -2.81. The average Bonchev–Trinajstić information content (AvgIpc) is 3.62. The van der Waals surface area contributed by atoms with Crippen LogP contribution in [0.25, 0.3) is 0 Å². The fourth-order valence-corrected chi connectivity index (χ4v) is 3.18. The Bertz CT molecular complexity index is 773. The maximum Gasteiger partial charge on any atom is 0.338 e. The molecule has 164 valence electrons. The van der Waals surface area contributed by atoms with Crippen molar-refractivity contribution in [2.45, 2.75) is 25.8 Å². The zero-order valence-corrected chi connectivity index (χ0v) is 17.3. The van der Waals surface area contributed by atoms with E-state index in [1.165, 1.54) is 25.3 Å². The van der Waals surface area contributed by atoms with Crippen LogP contribution in [0.2, 0.25) is 0 Å². The van der Waals surface area contributed by atoms with E-state index in [2.05, 4.69) is 5.32 Å². The number of hydrogen-bond donors (Lipinski definition) is 1. The maximum absolute atomic E-state index is 12.3. The summed E-state index contributed by atoms with van der Waals surface area (Å²) in [6.45, 7) is 3.58. The van der Waals surface area contributed by atoms with Crippen LogP contribution in [0, 0.1) is 5.92 Å². The monoisotopic (exact) mass is 420 g/mol. The van der Waals surface area contributed by atoms with Gasteiger partial charge in [0.1, 0.15) is 0 Å². The molecule has 1 saturated carbocycles. The third-order valence-corrected chi connectivity index (χ3v) is 5.17. The second kappa shape index (κ2) is 10.3. The van der Waals surface area contributed by atoms with Crippen LogP contribution in [0.5, 0.6) is 11.5 Å². The summed E-state index contributed by atoms with van der Waals surface area (Å²) < 4.78 is 21.2. The molecule has 1 heterocycles. The van der Waals surface area contributed by atoms with E-state index in [0.29, 0.717) is 43.7 Å². The largest absolute Gasteiger partial charge is 0.493 e. The molecule has 1 aromatic rings. The zero-order valence-electron chi connectivity index (χ0n) is 17.3. The van der Waals surface area contributed by atoms with Gasteiger partial charge in [0.2, 0.25) is 0 Å². The van der Waals surface area contributed by atoms with Crippen molar-refractivity contribution in [2.75, 3.05) is 46.6 Å². The van der Waals surface area contributed by atoms with Gasteiger partial charge in [0, 0.05) is 19.1 Å². The van der Waals surface area contributed by atoms with E-state index in [1.807, 2.05) is 6.92 Å². The Labute approximate surface area is 175 Å². The number of carbonyl (C=O) groups is 3. The molecule has 9 nitrogen and oxygen atoms in total. The SMILES string of the molecule is COc1cc(C(=O)OCC(=O)N[C@@H](C)C2CC2)ccc1OCC(=O)N1CCOCC1. The van der Waals surface area contributed by atoms with Crippen molar-refractivity contribution < 1.29 is 33.3 Å². The molecule has 0 radical (unpaired) electrons. The summed E-state index contributed by atoms with van der Waals surface area (Å²) in [5.41, 5.74) is 0.224. The van der Waals surface area contributed by atoms with Crippen LogP contribution in [-0.2, 0) is 19.1 Å². The van der Waals surface area contributed by atoms with Crippen LogP contribution in [0.3, 0.4) is 0 Å². The average molecular weight is 420 g/mol. The molecule has 0 aromatic heterocycles. The van der Waals surface area contributed by atoms with Crippen LogP contribution in [0.15, 0.2) is 18.2 Å². The fraction of sp³-hybridized carbons (Fsp3) is 0.571. The van der Waals surface area contributed by atoms with Gasteiger partial charge in [-0.1, -0.05) is 0 Å². The second-order valence-corrected chi connectivity index (χ2v) is 7.42. The lowest BCUT2D eigenvalue weighted by Gasteiger charge is -2.26. The first-order chi connectivity index (χ1) is 14.5. The molecule has 3 rings (SSSR count). The number of methoxy groups -OCH3 is 1. The van der Waals surface area contributed by atoms with E-state index in [0.717, 1.165) is 12.8 Å². The minimum atomic E-state index is -0.640. The molecule has 1 atom stereocenters. The molecule has 9 heteroatoms. The Kier molecular flexibility index (Phi) is 7.51. The van der Waals surface area contributed by atoms with Gasteiger partial charge in [-0.2, -0.15) is 0 Å². The molecule has 1 N–H and O–H groups in total. The van der Waals surface area contributed by atoms with Crippen molar-refractivity contribution in [3.05, 3.63) is 23.8 Å². The molecule has 2 fully saturated rings. The molecule has 30 heavy (non-hydrogen) atoms. The lowest BCUT2D eigenvalue weighted by Crippen LogP contribution is -2.43. The fourth-order valence-electron chi connectivity index (χ4n) is 3.18. The number of hydrogen-bond acceptors (Lipinski definition) is 7. The minimum Gasteiger partial charge on any atom is -0.493 e. The molecule has 1 aliphatic heterocycles. The summed E-state index contributed by atoms with van der Waals surface area (Å²) in [6.07, 6.45) is 2.24. The van der Waals surface area contributed by atoms with Gasteiger partial charge in [-0.25, -0.2) is 4.79 Å². The number of nitrogens with zero attached hydrogens (tertiary/aromatic N) is 1. The molecule has 2 amide bonds. The van der Waals surface area contributed by atoms with Gasteiger partial charge in [-0.05, 0) is 43.9 Å². The number of esters is 1. The summed E-state index contributed by atoms with van der Waals surface area (Å²) in [6, 6.07) is 4.59. The number of amides is 2. The highest BCUT2D eigenvalue weighted by Gasteiger charge is 2.29. The smallest absolute Gasteiger partial charge is 0.338 e. The standard InChI is InChI=1S/C21H28N2O7/c1-14(15-3-4-15)22-19(24)12-30-21(26)16-5-6-17(18(11-16)27-2)29-13-20(25)23-7-9-28-10-8-23/h5-6,11,14-15H,3-4,7-10,12-13H2,1-2H3,(H,22,24)/t14-/m0/s1. The predicted octanol–water partition coefficient (Wildman–Crippen LogP) is 1.00. The summed E-state index contributed by atoms with van der Waals surface area (Å²) in [7, 11) is 1.44. The number of morpholine rings is 1. The number of ether oxygens (including phenoxy) is 4. The second-order valence-electron chi connectivity index (χ2n) is 7.42. The molecular weight excluding hydrogens is 392 g/mol. The first-order valence-electron chi connectivity index (χ1n) is 10.1. The van der Waals surface area contributed by atoms with Crippen molar-refractivity contribution in [3.63, 3.8) is 0 Å². The molecule has 0 spiro atoms. The summed E-state index contributed by atoms with van der Waals surface area (Å²) >= 11 is 0. The summed E-state index contributed by atoms with van der Waals surface area (Å²) in [5.74, 6) is 0.0549. The van der Waals surface area contributed by atoms with E-state index >= 15 is 0 Å². The van der Waals surface area contributed by atoms with E-state index in [-0.39, 0.29) is 36.6 Å². The van der Waals surface area contributed by atoms with E-state index in [1.54, 1.807) is 4.90 Å². The van der Waals surface area contributed by atoms with E-state index in [9.17, 15) is 14.4 Å². The number of nitrogens with one attached hydrogen (secondary N) is 1. The Balaban J connectivity index is 1.50. The van der Waals surface area contributed by atoms with Crippen molar-refractivity contribution >= 4 is 17.8 Å². The molecule has 1 saturated heterocycles. The van der Waals surface area contributed by atoms with Gasteiger partial charge in [0.25, 0.3) is 11.8 Å². The van der Waals surface area contributed by atoms with Gasteiger partial charge in [-0.15, -0.1) is 0 Å². The van der Waals surface area contributed by atoms with Crippen LogP contribution in [-0.4, -0.2) is 75.4 Å². The Morgan fingerprint density at radius 2 is 1.90 bits per heavy atom. The van der Waals surface area contributed by atoms with Crippen LogP contribution >= 0.6 is 0 Å².